The first kappa shape index (κ1) is 47.4. The van der Waals surface area contributed by atoms with Gasteiger partial charge in [-0.2, -0.15) is 0 Å². The fourth-order valence-electron chi connectivity index (χ4n) is 9.72. The summed E-state index contributed by atoms with van der Waals surface area (Å²) < 4.78 is 28.3. The summed E-state index contributed by atoms with van der Waals surface area (Å²) >= 11 is -2.03. The van der Waals surface area contributed by atoms with Crippen molar-refractivity contribution >= 4 is 72.2 Å². The van der Waals surface area contributed by atoms with E-state index in [9.17, 15) is 1.37 Å². The summed E-state index contributed by atoms with van der Waals surface area (Å²) in [6, 6.07) is 49.4. The van der Waals surface area contributed by atoms with Crippen molar-refractivity contribution in [3.63, 3.8) is 0 Å². The van der Waals surface area contributed by atoms with Crippen molar-refractivity contribution in [2.75, 3.05) is 0 Å². The molecule has 3 aromatic heterocycles. The number of benzene rings is 7. The number of furan rings is 1. The second kappa shape index (κ2) is 19.5. The Morgan fingerprint density at radius 3 is 1.96 bits per heavy atom. The minimum absolute atomic E-state index is 0. The fourth-order valence-corrected chi connectivity index (χ4v) is 13.0. The first-order chi connectivity index (χ1) is 32.9. The molecule has 0 unspecified atom stereocenters. The van der Waals surface area contributed by atoms with Crippen molar-refractivity contribution in [1.29, 1.82) is 0 Å². The minimum Gasteiger partial charge on any atom is 0 e. The van der Waals surface area contributed by atoms with E-state index in [1.54, 1.807) is 0 Å². The van der Waals surface area contributed by atoms with E-state index in [0.29, 0.717) is 0 Å². The van der Waals surface area contributed by atoms with Crippen molar-refractivity contribution < 1.29 is 27.3 Å². The molecule has 0 saturated carbocycles. The van der Waals surface area contributed by atoms with Crippen LogP contribution in [0.2, 0.25) is 17.3 Å². The van der Waals surface area contributed by atoms with Crippen LogP contribution < -0.4 is 4.40 Å². The van der Waals surface area contributed by atoms with E-state index >= 15 is 0 Å². The quantitative estimate of drug-likeness (QED) is 0.0865. The maximum absolute atomic E-state index is 9.22. The molecular formula is C63H67GeIrN3O-2. The van der Waals surface area contributed by atoms with Crippen LogP contribution in [0.15, 0.2) is 132 Å². The van der Waals surface area contributed by atoms with Crippen molar-refractivity contribution in [1.82, 2.24) is 14.5 Å². The van der Waals surface area contributed by atoms with Crippen LogP contribution in [-0.2, 0) is 25.5 Å². The number of hydrogen-bond donors (Lipinski definition) is 0. The van der Waals surface area contributed by atoms with E-state index in [4.69, 9.17) is 10.8 Å². The van der Waals surface area contributed by atoms with Gasteiger partial charge in [0.25, 0.3) is 0 Å². The zero-order valence-corrected chi connectivity index (χ0v) is 47.4. The molecule has 10 rings (SSSR count). The Kier molecular flexibility index (Phi) is 13.4. The molecule has 0 aliphatic carbocycles. The van der Waals surface area contributed by atoms with E-state index < -0.39 is 25.1 Å². The topological polar surface area (TPSA) is 43.9 Å². The second-order valence-electron chi connectivity index (χ2n) is 21.7. The second-order valence-corrected chi connectivity index (χ2v) is 32.3. The van der Waals surface area contributed by atoms with Gasteiger partial charge >= 0.3 is 120 Å². The Morgan fingerprint density at radius 1 is 0.667 bits per heavy atom. The zero-order valence-electron chi connectivity index (χ0n) is 44.9. The molecule has 6 heteroatoms. The van der Waals surface area contributed by atoms with E-state index in [1.807, 2.05) is 64.2 Å². The average Bonchev–Trinajstić information content (AvgIpc) is 3.87. The summed E-state index contributed by atoms with van der Waals surface area (Å²) in [7, 11) is 0. The van der Waals surface area contributed by atoms with Gasteiger partial charge in [0.1, 0.15) is 5.58 Å². The molecule has 0 spiro atoms. The molecule has 0 atom stereocenters. The van der Waals surface area contributed by atoms with Crippen LogP contribution in [-0.4, -0.2) is 27.8 Å². The van der Waals surface area contributed by atoms with Gasteiger partial charge in [-0.15, -0.1) is 17.7 Å². The van der Waals surface area contributed by atoms with Gasteiger partial charge in [0.05, 0.1) is 22.4 Å². The number of pyridine rings is 1. The number of hydrogen-bond acceptors (Lipinski definition) is 3. The smallest absolute Gasteiger partial charge is 0 e. The molecular weight excluding hydrogens is 1080 g/mol. The molecule has 0 N–H and O–H groups in total. The Balaban J connectivity index is 0.000000271. The number of imidazole rings is 1. The first-order valence-corrected chi connectivity index (χ1v) is 31.6. The summed E-state index contributed by atoms with van der Waals surface area (Å²) in [5, 5.41) is 6.67. The normalized spacial score (nSPS) is 13.0. The minimum atomic E-state index is -2.03. The zero-order chi connectivity index (χ0) is 50.2. The number of aromatic nitrogens is 3. The molecule has 0 aliphatic heterocycles. The molecule has 4 nitrogen and oxygen atoms in total. The fraction of sp³-hybridized carbons (Fsp3) is 0.302. The Hall–Kier alpha value is -5.33. The summed E-state index contributed by atoms with van der Waals surface area (Å²) in [5.41, 5.74) is 13.3. The van der Waals surface area contributed by atoms with Crippen molar-refractivity contribution in [3.8, 4) is 28.3 Å². The number of para-hydroxylation sites is 2. The molecule has 1 radical (unpaired) electrons. The molecule has 355 valence electrons. The van der Waals surface area contributed by atoms with Gasteiger partial charge in [-0.05, 0) is 79.8 Å². The number of fused-ring (bicyclic) bond motifs is 7. The SMILES string of the molecule is [2H]C(C)(C)c1c[c-]c(-c2nc3ccccc3n2-c2c(C(C)C)cc(C(C)(C)C)cc2C(C)C)c2oc3cc4c(ccc5ccccc54)cc3c12.[2H]C(C)(C)c1cc(-c2[c-]cccc2)nc[c]1[Ge]([CH3])([CH3])[CH3].[Ir]. The third kappa shape index (κ3) is 9.52. The maximum Gasteiger partial charge on any atom is 0 e. The number of rotatable bonds is 8. The van der Waals surface area contributed by atoms with Crippen LogP contribution >= 0.6 is 0 Å². The number of nitrogens with zero attached hydrogens (tertiary/aromatic N) is 3. The predicted molar refractivity (Wildman–Crippen MR) is 294 cm³/mol. The van der Waals surface area contributed by atoms with Crippen LogP contribution in [0, 0.1) is 12.1 Å². The van der Waals surface area contributed by atoms with E-state index in [2.05, 4.69) is 178 Å². The molecule has 0 aliphatic rings. The molecule has 0 bridgehead atoms. The van der Waals surface area contributed by atoms with Gasteiger partial charge in [-0.3, -0.25) is 4.98 Å². The third-order valence-corrected chi connectivity index (χ3v) is 17.7. The van der Waals surface area contributed by atoms with Crippen molar-refractivity contribution in [2.24, 2.45) is 0 Å². The van der Waals surface area contributed by atoms with Crippen molar-refractivity contribution in [2.45, 2.75) is 122 Å². The van der Waals surface area contributed by atoms with Crippen LogP contribution in [0.3, 0.4) is 0 Å². The van der Waals surface area contributed by atoms with Gasteiger partial charge in [0.2, 0.25) is 0 Å². The van der Waals surface area contributed by atoms with Gasteiger partial charge in [0, 0.05) is 32.5 Å². The maximum atomic E-state index is 9.22. The van der Waals surface area contributed by atoms with Crippen LogP contribution in [0.5, 0.6) is 0 Å². The molecule has 69 heavy (non-hydrogen) atoms. The monoisotopic (exact) mass is 1150 g/mol. The van der Waals surface area contributed by atoms with Gasteiger partial charge < -0.3 is 8.98 Å². The molecule has 7 aromatic carbocycles. The standard InChI is InChI=1S/C46H45N2O.C17H22GeN.Ir/c1-26(2)32-20-21-34(44-42(32)38-22-30-19-18-29-14-10-11-15-33(29)37(30)25-41(38)49-44)45-47-39-16-12-13-17-40(39)48(45)43-35(27(3)4)23-31(46(7,8)9)24-36(43)28(5)6;1-13(2)15-11-17(14-9-7-6-8-10-14)19-12-16(15)18(3,4)5;/h10-20,22-28H,1-9H3;6-9,11-13H,1-5H3;/q2*-1;/i26D;13D;. The van der Waals surface area contributed by atoms with Crippen molar-refractivity contribution in [3.05, 3.63) is 167 Å². The average molecular weight is 1150 g/mol. The molecule has 3 heterocycles. The Morgan fingerprint density at radius 2 is 1.32 bits per heavy atom. The molecule has 0 saturated heterocycles. The molecule has 10 aromatic rings. The third-order valence-electron chi connectivity index (χ3n) is 13.5. The summed E-state index contributed by atoms with van der Waals surface area (Å²) in [5.74, 6) is 6.93. The van der Waals surface area contributed by atoms with Crippen LogP contribution in [0.1, 0.15) is 130 Å². The van der Waals surface area contributed by atoms with E-state index in [-0.39, 0.29) is 37.4 Å². The van der Waals surface area contributed by atoms with Gasteiger partial charge in [-0.1, -0.05) is 140 Å². The first-order valence-electron chi connectivity index (χ1n) is 25.3. The van der Waals surface area contributed by atoms with Crippen LogP contribution in [0.4, 0.5) is 0 Å². The summed E-state index contributed by atoms with van der Waals surface area (Å²) in [4.78, 5) is 9.99. The molecule has 0 amide bonds. The Labute approximate surface area is 429 Å². The summed E-state index contributed by atoms with van der Waals surface area (Å²) in [6.07, 6.45) is 2.00. The van der Waals surface area contributed by atoms with E-state index in [0.717, 1.165) is 77.5 Å². The van der Waals surface area contributed by atoms with E-state index in [1.165, 1.54) is 37.5 Å². The largest absolute Gasteiger partial charge is 0 e. The van der Waals surface area contributed by atoms with Crippen LogP contribution in [0.25, 0.3) is 82.8 Å². The molecule has 0 fully saturated rings. The summed E-state index contributed by atoms with van der Waals surface area (Å²) in [6.45, 7) is 23.8. The van der Waals surface area contributed by atoms with Gasteiger partial charge in [0.15, 0.2) is 0 Å². The Bertz CT molecular complexity index is 3570. The van der Waals surface area contributed by atoms with Gasteiger partial charge in [-0.25, -0.2) is 0 Å². The predicted octanol–water partition coefficient (Wildman–Crippen LogP) is 17.6.